The molecule has 4 nitrogen and oxygen atoms in total. The van der Waals surface area contributed by atoms with E-state index in [0.717, 1.165) is 18.5 Å². The lowest BCUT2D eigenvalue weighted by Crippen LogP contribution is -2.40. The Morgan fingerprint density at radius 1 is 1.64 bits per heavy atom. The SMILES string of the molecule is Cc1cc(C(=O)NC2CCC2)n(C)n1. The predicted molar refractivity (Wildman–Crippen MR) is 53.1 cm³/mol. The van der Waals surface area contributed by atoms with Crippen LogP contribution in [-0.4, -0.2) is 21.7 Å². The smallest absolute Gasteiger partial charge is 0.269 e. The van der Waals surface area contributed by atoms with Crippen molar-refractivity contribution in [2.75, 3.05) is 0 Å². The molecule has 2 rings (SSSR count). The lowest BCUT2D eigenvalue weighted by Gasteiger charge is -2.26. The van der Waals surface area contributed by atoms with Crippen LogP contribution in [-0.2, 0) is 7.05 Å². The number of amides is 1. The lowest BCUT2D eigenvalue weighted by atomic mass is 9.93. The Balaban J connectivity index is 2.06. The van der Waals surface area contributed by atoms with Gasteiger partial charge in [0.25, 0.3) is 5.91 Å². The van der Waals surface area contributed by atoms with Gasteiger partial charge in [-0.25, -0.2) is 0 Å². The van der Waals surface area contributed by atoms with Crippen LogP contribution in [0, 0.1) is 6.92 Å². The molecule has 1 aliphatic carbocycles. The van der Waals surface area contributed by atoms with E-state index in [1.807, 2.05) is 13.0 Å². The van der Waals surface area contributed by atoms with Crippen LogP contribution in [0.4, 0.5) is 0 Å². The van der Waals surface area contributed by atoms with Gasteiger partial charge in [0.1, 0.15) is 5.69 Å². The molecule has 0 radical (unpaired) electrons. The molecule has 0 bridgehead atoms. The summed E-state index contributed by atoms with van der Waals surface area (Å²) in [5.74, 6) is -0.00204. The Morgan fingerprint density at radius 2 is 2.36 bits per heavy atom. The molecular formula is C10H15N3O. The zero-order chi connectivity index (χ0) is 10.1. The number of nitrogens with zero attached hydrogens (tertiary/aromatic N) is 2. The summed E-state index contributed by atoms with van der Waals surface area (Å²) in [6.07, 6.45) is 3.46. The molecule has 1 aromatic rings. The third-order valence-corrected chi connectivity index (χ3v) is 2.68. The van der Waals surface area contributed by atoms with Gasteiger partial charge >= 0.3 is 0 Å². The predicted octanol–water partition coefficient (Wildman–Crippen LogP) is 1.01. The third kappa shape index (κ3) is 1.64. The maximum Gasteiger partial charge on any atom is 0.269 e. The number of hydrogen-bond acceptors (Lipinski definition) is 2. The van der Waals surface area contributed by atoms with E-state index >= 15 is 0 Å². The van der Waals surface area contributed by atoms with Crippen molar-refractivity contribution in [1.29, 1.82) is 0 Å². The van der Waals surface area contributed by atoms with Gasteiger partial charge in [0.15, 0.2) is 0 Å². The van der Waals surface area contributed by atoms with Crippen molar-refractivity contribution in [3.8, 4) is 0 Å². The van der Waals surface area contributed by atoms with Gasteiger partial charge in [-0.15, -0.1) is 0 Å². The maximum absolute atomic E-state index is 11.7. The van der Waals surface area contributed by atoms with Crippen LogP contribution in [0.5, 0.6) is 0 Å². The molecule has 0 saturated heterocycles. The van der Waals surface area contributed by atoms with E-state index in [9.17, 15) is 4.79 Å². The fourth-order valence-electron chi connectivity index (χ4n) is 1.64. The molecule has 0 unspecified atom stereocenters. The number of aryl methyl sites for hydroxylation is 2. The molecule has 1 heterocycles. The van der Waals surface area contributed by atoms with Crippen LogP contribution in [0.2, 0.25) is 0 Å². The van der Waals surface area contributed by atoms with E-state index in [1.165, 1.54) is 6.42 Å². The fourth-order valence-corrected chi connectivity index (χ4v) is 1.64. The van der Waals surface area contributed by atoms with Crippen LogP contribution in [0.3, 0.4) is 0 Å². The van der Waals surface area contributed by atoms with E-state index in [0.29, 0.717) is 11.7 Å². The molecule has 0 spiro atoms. The summed E-state index contributed by atoms with van der Waals surface area (Å²) in [7, 11) is 1.79. The third-order valence-electron chi connectivity index (χ3n) is 2.68. The topological polar surface area (TPSA) is 46.9 Å². The number of carbonyl (C=O) groups excluding carboxylic acids is 1. The summed E-state index contributed by atoms with van der Waals surface area (Å²) in [5.41, 5.74) is 1.53. The highest BCUT2D eigenvalue weighted by Crippen LogP contribution is 2.18. The molecule has 0 atom stereocenters. The molecule has 4 heteroatoms. The summed E-state index contributed by atoms with van der Waals surface area (Å²) in [5, 5.41) is 7.13. The highest BCUT2D eigenvalue weighted by molar-refractivity contribution is 5.92. The van der Waals surface area contributed by atoms with Crippen molar-refractivity contribution >= 4 is 5.91 Å². The molecule has 14 heavy (non-hydrogen) atoms. The second-order valence-electron chi connectivity index (χ2n) is 3.90. The molecular weight excluding hydrogens is 178 g/mol. The van der Waals surface area contributed by atoms with E-state index in [-0.39, 0.29) is 5.91 Å². The Kier molecular flexibility index (Phi) is 2.27. The minimum absolute atomic E-state index is 0.00204. The first-order valence-electron chi connectivity index (χ1n) is 4.98. The summed E-state index contributed by atoms with van der Waals surface area (Å²) in [6, 6.07) is 2.20. The van der Waals surface area contributed by atoms with Gasteiger partial charge in [0.05, 0.1) is 5.69 Å². The molecule has 76 valence electrons. The van der Waals surface area contributed by atoms with E-state index < -0.39 is 0 Å². The molecule has 1 saturated carbocycles. The van der Waals surface area contributed by atoms with Gasteiger partial charge in [-0.05, 0) is 32.3 Å². The highest BCUT2D eigenvalue weighted by atomic mass is 16.2. The number of carbonyl (C=O) groups is 1. The normalized spacial score (nSPS) is 16.4. The lowest BCUT2D eigenvalue weighted by molar-refractivity contribution is 0.0907. The van der Waals surface area contributed by atoms with E-state index in [1.54, 1.807) is 11.7 Å². The van der Waals surface area contributed by atoms with Crippen molar-refractivity contribution < 1.29 is 4.79 Å². The monoisotopic (exact) mass is 193 g/mol. The minimum atomic E-state index is -0.00204. The van der Waals surface area contributed by atoms with Gasteiger partial charge in [-0.3, -0.25) is 9.48 Å². The maximum atomic E-state index is 11.7. The minimum Gasteiger partial charge on any atom is -0.348 e. The zero-order valence-electron chi connectivity index (χ0n) is 8.58. The van der Waals surface area contributed by atoms with Gasteiger partial charge in [-0.2, -0.15) is 5.10 Å². The quantitative estimate of drug-likeness (QED) is 0.762. The van der Waals surface area contributed by atoms with Crippen molar-refractivity contribution in [3.05, 3.63) is 17.5 Å². The molecule has 1 N–H and O–H groups in total. The first-order chi connectivity index (χ1) is 6.66. The average Bonchev–Trinajstić information content (AvgIpc) is 2.37. The highest BCUT2D eigenvalue weighted by Gasteiger charge is 2.21. The van der Waals surface area contributed by atoms with Crippen LogP contribution >= 0.6 is 0 Å². The van der Waals surface area contributed by atoms with Crippen molar-refractivity contribution in [2.45, 2.75) is 32.2 Å². The van der Waals surface area contributed by atoms with Crippen LogP contribution in [0.1, 0.15) is 35.4 Å². The van der Waals surface area contributed by atoms with Crippen LogP contribution in [0.25, 0.3) is 0 Å². The molecule has 1 aromatic heterocycles. The molecule has 1 aliphatic rings. The zero-order valence-corrected chi connectivity index (χ0v) is 8.58. The standard InChI is InChI=1S/C10H15N3O/c1-7-6-9(13(2)12-7)10(14)11-8-4-3-5-8/h6,8H,3-5H2,1-2H3,(H,11,14). The Bertz CT molecular complexity index is 352. The van der Waals surface area contributed by atoms with E-state index in [4.69, 9.17) is 0 Å². The molecule has 0 aromatic carbocycles. The fraction of sp³-hybridized carbons (Fsp3) is 0.600. The molecule has 1 fully saturated rings. The molecule has 1 amide bonds. The number of hydrogen-bond donors (Lipinski definition) is 1. The van der Waals surface area contributed by atoms with Crippen LogP contribution in [0.15, 0.2) is 6.07 Å². The summed E-state index contributed by atoms with van der Waals surface area (Å²) in [4.78, 5) is 11.7. The Morgan fingerprint density at radius 3 is 2.79 bits per heavy atom. The Labute approximate surface area is 83.3 Å². The van der Waals surface area contributed by atoms with Gasteiger partial charge in [-0.1, -0.05) is 0 Å². The Hall–Kier alpha value is -1.32. The number of rotatable bonds is 2. The second kappa shape index (κ2) is 3.44. The van der Waals surface area contributed by atoms with Gasteiger partial charge in [0.2, 0.25) is 0 Å². The largest absolute Gasteiger partial charge is 0.348 e. The summed E-state index contributed by atoms with van der Waals surface area (Å²) < 4.78 is 1.63. The first-order valence-corrected chi connectivity index (χ1v) is 4.98. The summed E-state index contributed by atoms with van der Waals surface area (Å²) in [6.45, 7) is 1.89. The summed E-state index contributed by atoms with van der Waals surface area (Å²) >= 11 is 0. The number of aromatic nitrogens is 2. The van der Waals surface area contributed by atoms with Crippen molar-refractivity contribution in [2.24, 2.45) is 7.05 Å². The van der Waals surface area contributed by atoms with Gasteiger partial charge in [0, 0.05) is 13.1 Å². The van der Waals surface area contributed by atoms with E-state index in [2.05, 4.69) is 10.4 Å². The average molecular weight is 193 g/mol. The number of nitrogens with one attached hydrogen (secondary N) is 1. The first kappa shape index (κ1) is 9.24. The second-order valence-corrected chi connectivity index (χ2v) is 3.90. The van der Waals surface area contributed by atoms with Crippen LogP contribution < -0.4 is 5.32 Å². The van der Waals surface area contributed by atoms with Crippen molar-refractivity contribution in [3.63, 3.8) is 0 Å². The van der Waals surface area contributed by atoms with Gasteiger partial charge < -0.3 is 5.32 Å². The van der Waals surface area contributed by atoms with Crippen molar-refractivity contribution in [1.82, 2.24) is 15.1 Å². The molecule has 0 aliphatic heterocycles.